The molecule has 1 fully saturated rings. The molecule has 0 saturated carbocycles. The van der Waals surface area contributed by atoms with Gasteiger partial charge in [0.1, 0.15) is 0 Å². The van der Waals surface area contributed by atoms with Crippen LogP contribution in [0.2, 0.25) is 0 Å². The highest BCUT2D eigenvalue weighted by atomic mass is 19.2. The van der Waals surface area contributed by atoms with E-state index in [2.05, 4.69) is 4.98 Å². The topological polar surface area (TPSA) is 85.5 Å². The monoisotopic (exact) mass is 435 g/mol. The molecule has 2 aliphatic rings. The summed E-state index contributed by atoms with van der Waals surface area (Å²) in [7, 11) is 0. The summed E-state index contributed by atoms with van der Waals surface area (Å²) in [5, 5.41) is 0. The number of ether oxygens (including phenoxy) is 1. The van der Waals surface area contributed by atoms with E-state index in [1.807, 2.05) is 12.1 Å². The quantitative estimate of drug-likeness (QED) is 0.536. The van der Waals surface area contributed by atoms with Crippen LogP contribution in [-0.2, 0) is 11.2 Å². The highest BCUT2D eigenvalue weighted by Gasteiger charge is 2.28. The predicted octanol–water partition coefficient (Wildman–Crippen LogP) is 3.17. The van der Waals surface area contributed by atoms with E-state index in [4.69, 9.17) is 10.5 Å². The Bertz CT molecular complexity index is 1270. The van der Waals surface area contributed by atoms with E-state index in [0.717, 1.165) is 23.3 Å². The summed E-state index contributed by atoms with van der Waals surface area (Å²) >= 11 is 0. The Morgan fingerprint density at radius 2 is 1.78 bits per heavy atom. The molecular weight excluding hydrogens is 416 g/mol. The van der Waals surface area contributed by atoms with Gasteiger partial charge in [0, 0.05) is 41.8 Å². The Hall–Kier alpha value is -3.65. The van der Waals surface area contributed by atoms with Crippen molar-refractivity contribution >= 4 is 11.8 Å². The minimum Gasteiger partial charge on any atom is -0.378 e. The fourth-order valence-electron chi connectivity index (χ4n) is 4.24. The third-order valence-electron chi connectivity index (χ3n) is 5.88. The Labute approximate surface area is 182 Å². The van der Waals surface area contributed by atoms with Crippen LogP contribution < -0.4 is 5.73 Å². The molecule has 2 heterocycles. The molecule has 0 spiro atoms. The van der Waals surface area contributed by atoms with Crippen LogP contribution in [0.15, 0.2) is 42.5 Å². The molecule has 1 aliphatic heterocycles. The maximum atomic E-state index is 13.8. The van der Waals surface area contributed by atoms with Crippen molar-refractivity contribution in [2.75, 3.05) is 26.3 Å². The lowest BCUT2D eigenvalue weighted by Crippen LogP contribution is -2.40. The first kappa shape index (κ1) is 20.3. The fraction of sp³-hybridized carbons (Fsp3) is 0.208. The lowest BCUT2D eigenvalue weighted by molar-refractivity contribution is 0.0303. The van der Waals surface area contributed by atoms with Crippen LogP contribution in [0, 0.1) is 11.6 Å². The lowest BCUT2D eigenvalue weighted by atomic mass is 10.0. The minimum absolute atomic E-state index is 0.0717. The molecule has 1 aliphatic carbocycles. The van der Waals surface area contributed by atoms with Gasteiger partial charge in [0.2, 0.25) is 5.91 Å². The number of hydrogen-bond donors (Lipinski definition) is 1. The maximum absolute atomic E-state index is 13.8. The zero-order valence-electron chi connectivity index (χ0n) is 17.0. The van der Waals surface area contributed by atoms with E-state index in [-0.39, 0.29) is 11.5 Å². The van der Waals surface area contributed by atoms with Crippen molar-refractivity contribution in [2.24, 2.45) is 5.73 Å². The Balaban J connectivity index is 1.57. The number of carbonyl (C=O) groups is 2. The van der Waals surface area contributed by atoms with Crippen molar-refractivity contribution in [2.45, 2.75) is 6.42 Å². The molecule has 2 N–H and O–H groups in total. The predicted molar refractivity (Wildman–Crippen MR) is 113 cm³/mol. The smallest absolute Gasteiger partial charge is 0.254 e. The number of nitrogens with two attached hydrogens (primary N) is 1. The molecule has 0 atom stereocenters. The van der Waals surface area contributed by atoms with Gasteiger partial charge in [-0.2, -0.15) is 0 Å². The second kappa shape index (κ2) is 7.80. The van der Waals surface area contributed by atoms with Crippen molar-refractivity contribution in [3.63, 3.8) is 0 Å². The average molecular weight is 435 g/mol. The third kappa shape index (κ3) is 3.42. The van der Waals surface area contributed by atoms with Crippen molar-refractivity contribution in [3.8, 4) is 22.5 Å². The van der Waals surface area contributed by atoms with Gasteiger partial charge in [-0.15, -0.1) is 0 Å². The van der Waals surface area contributed by atoms with Crippen molar-refractivity contribution < 1.29 is 23.1 Å². The number of carbonyl (C=O) groups excluding carboxylic acids is 2. The molecule has 8 heteroatoms. The number of halogens is 2. The fourth-order valence-corrected chi connectivity index (χ4v) is 4.24. The average Bonchev–Trinajstić information content (AvgIpc) is 3.18. The molecule has 0 radical (unpaired) electrons. The number of primary amides is 1. The van der Waals surface area contributed by atoms with Gasteiger partial charge >= 0.3 is 0 Å². The number of fused-ring (bicyclic) bond motifs is 3. The first-order valence-electron chi connectivity index (χ1n) is 10.2. The summed E-state index contributed by atoms with van der Waals surface area (Å²) in [5.41, 5.74) is 9.96. The number of morpholine rings is 1. The zero-order valence-corrected chi connectivity index (χ0v) is 17.0. The normalized spacial score (nSPS) is 14.8. The van der Waals surface area contributed by atoms with Gasteiger partial charge in [-0.1, -0.05) is 6.07 Å². The van der Waals surface area contributed by atoms with Gasteiger partial charge in [-0.3, -0.25) is 9.59 Å². The number of amides is 2. The number of rotatable bonds is 3. The van der Waals surface area contributed by atoms with Crippen LogP contribution in [0.5, 0.6) is 0 Å². The van der Waals surface area contributed by atoms with Gasteiger partial charge < -0.3 is 15.4 Å². The summed E-state index contributed by atoms with van der Waals surface area (Å²) in [5.74, 6) is -2.67. The molecule has 1 saturated heterocycles. The van der Waals surface area contributed by atoms with Crippen molar-refractivity contribution in [1.29, 1.82) is 0 Å². The molecule has 3 aromatic rings. The molecule has 162 valence electrons. The second-order valence-corrected chi connectivity index (χ2v) is 7.83. The SMILES string of the molecule is NC(=O)c1cc(-c2ccc(F)c(F)c2)nc2c1Cc1cc(C(=O)N3CCOCC3)ccc1-2. The first-order valence-corrected chi connectivity index (χ1v) is 10.2. The van der Waals surface area contributed by atoms with Gasteiger partial charge in [0.05, 0.1) is 24.6 Å². The van der Waals surface area contributed by atoms with E-state index in [1.54, 1.807) is 11.0 Å². The number of benzene rings is 2. The van der Waals surface area contributed by atoms with Crippen LogP contribution in [0.25, 0.3) is 22.5 Å². The number of nitrogens with zero attached hydrogens (tertiary/aromatic N) is 2. The van der Waals surface area contributed by atoms with Crippen molar-refractivity contribution in [3.05, 3.63) is 76.4 Å². The summed E-state index contributed by atoms with van der Waals surface area (Å²) in [6, 6.07) is 10.3. The summed E-state index contributed by atoms with van der Waals surface area (Å²) in [4.78, 5) is 31.4. The van der Waals surface area contributed by atoms with Crippen LogP contribution in [-0.4, -0.2) is 48.0 Å². The van der Waals surface area contributed by atoms with E-state index < -0.39 is 17.5 Å². The van der Waals surface area contributed by atoms with Crippen LogP contribution in [0.4, 0.5) is 8.78 Å². The zero-order chi connectivity index (χ0) is 22.4. The van der Waals surface area contributed by atoms with Gasteiger partial charge in [-0.25, -0.2) is 13.8 Å². The second-order valence-electron chi connectivity index (χ2n) is 7.83. The molecule has 5 rings (SSSR count). The molecule has 1 aromatic heterocycles. The van der Waals surface area contributed by atoms with Crippen LogP contribution in [0.3, 0.4) is 0 Å². The Kier molecular flexibility index (Phi) is 4.94. The summed E-state index contributed by atoms with van der Waals surface area (Å²) in [6.07, 6.45) is 0.401. The highest BCUT2D eigenvalue weighted by Crippen LogP contribution is 2.39. The van der Waals surface area contributed by atoms with Gasteiger partial charge in [0.15, 0.2) is 11.6 Å². The largest absolute Gasteiger partial charge is 0.378 e. The molecular formula is C24H19F2N3O3. The molecule has 0 unspecified atom stereocenters. The minimum atomic E-state index is -1.00. The van der Waals surface area contributed by atoms with Gasteiger partial charge in [-0.05, 0) is 47.5 Å². The molecule has 32 heavy (non-hydrogen) atoms. The molecule has 6 nitrogen and oxygen atoms in total. The summed E-state index contributed by atoms with van der Waals surface area (Å²) in [6.45, 7) is 2.11. The Morgan fingerprint density at radius 1 is 1.00 bits per heavy atom. The molecule has 2 aromatic carbocycles. The van der Waals surface area contributed by atoms with E-state index in [1.165, 1.54) is 12.1 Å². The van der Waals surface area contributed by atoms with Crippen LogP contribution >= 0.6 is 0 Å². The molecule has 2 amide bonds. The maximum Gasteiger partial charge on any atom is 0.254 e. The van der Waals surface area contributed by atoms with E-state index >= 15 is 0 Å². The molecule has 0 bridgehead atoms. The number of pyridine rings is 1. The Morgan fingerprint density at radius 3 is 2.50 bits per heavy atom. The van der Waals surface area contributed by atoms with E-state index in [9.17, 15) is 18.4 Å². The first-order chi connectivity index (χ1) is 15.4. The third-order valence-corrected chi connectivity index (χ3v) is 5.88. The van der Waals surface area contributed by atoms with Crippen LogP contribution in [0.1, 0.15) is 31.8 Å². The van der Waals surface area contributed by atoms with Gasteiger partial charge in [0.25, 0.3) is 5.91 Å². The number of hydrogen-bond acceptors (Lipinski definition) is 4. The lowest BCUT2D eigenvalue weighted by Gasteiger charge is -2.27. The van der Waals surface area contributed by atoms with Crippen molar-refractivity contribution in [1.82, 2.24) is 9.88 Å². The van der Waals surface area contributed by atoms with E-state index in [0.29, 0.717) is 60.8 Å². The standard InChI is InChI=1S/C24H19F2N3O3/c25-19-4-2-13(11-20(19)26)21-12-18(23(27)30)17-10-15-9-14(1-3-16(15)22(17)28-21)24(31)29-5-7-32-8-6-29/h1-4,9,11-12H,5-8,10H2,(H2,27,30). The summed E-state index contributed by atoms with van der Waals surface area (Å²) < 4.78 is 32.5. The number of aromatic nitrogens is 1. The highest BCUT2D eigenvalue weighted by molar-refractivity contribution is 6.00.